The van der Waals surface area contributed by atoms with Crippen LogP contribution in [0.1, 0.15) is 13.3 Å². The standard InChI is InChI=1S/C16H26N4O/c1-14(16(21)18-15-6-3-2-4-7-15)20-12-10-19(11-13-20)9-5-8-17/h2-4,6-7,14H,5,8-13,17H2,1H3,(H,18,21). The van der Waals surface area contributed by atoms with Gasteiger partial charge < -0.3 is 16.0 Å². The first-order chi connectivity index (χ1) is 10.2. The van der Waals surface area contributed by atoms with E-state index in [1.807, 2.05) is 37.3 Å². The van der Waals surface area contributed by atoms with Crippen LogP contribution in [0.3, 0.4) is 0 Å². The molecule has 0 saturated carbocycles. The third-order valence-electron chi connectivity index (χ3n) is 4.05. The van der Waals surface area contributed by atoms with Crippen molar-refractivity contribution in [1.82, 2.24) is 9.80 Å². The second kappa shape index (κ2) is 8.12. The summed E-state index contributed by atoms with van der Waals surface area (Å²) in [4.78, 5) is 17.0. The minimum Gasteiger partial charge on any atom is -0.330 e. The maximum absolute atomic E-state index is 12.3. The molecule has 1 aromatic rings. The third kappa shape index (κ3) is 4.81. The van der Waals surface area contributed by atoms with Crippen LogP contribution >= 0.6 is 0 Å². The molecular weight excluding hydrogens is 264 g/mol. The molecule has 0 aromatic heterocycles. The maximum Gasteiger partial charge on any atom is 0.241 e. The molecule has 1 saturated heterocycles. The molecule has 2 rings (SSSR count). The van der Waals surface area contributed by atoms with Crippen LogP contribution in [0.5, 0.6) is 0 Å². The summed E-state index contributed by atoms with van der Waals surface area (Å²) >= 11 is 0. The molecule has 0 radical (unpaired) electrons. The van der Waals surface area contributed by atoms with E-state index in [1.54, 1.807) is 0 Å². The Hall–Kier alpha value is -1.43. The number of nitrogens with zero attached hydrogens (tertiary/aromatic N) is 2. The van der Waals surface area contributed by atoms with Crippen molar-refractivity contribution in [2.75, 3.05) is 44.6 Å². The average molecular weight is 290 g/mol. The fourth-order valence-electron chi connectivity index (χ4n) is 2.62. The molecule has 1 unspecified atom stereocenters. The largest absolute Gasteiger partial charge is 0.330 e. The van der Waals surface area contributed by atoms with E-state index >= 15 is 0 Å². The summed E-state index contributed by atoms with van der Waals surface area (Å²) in [5.74, 6) is 0.0663. The summed E-state index contributed by atoms with van der Waals surface area (Å²) in [6, 6.07) is 9.53. The lowest BCUT2D eigenvalue weighted by atomic mass is 10.2. The molecule has 1 atom stereocenters. The number of amides is 1. The van der Waals surface area contributed by atoms with Gasteiger partial charge in [0.15, 0.2) is 0 Å². The maximum atomic E-state index is 12.3. The number of piperazine rings is 1. The van der Waals surface area contributed by atoms with Crippen molar-refractivity contribution in [3.05, 3.63) is 30.3 Å². The number of rotatable bonds is 6. The van der Waals surface area contributed by atoms with Crippen molar-refractivity contribution in [2.24, 2.45) is 5.73 Å². The van der Waals surface area contributed by atoms with E-state index in [4.69, 9.17) is 5.73 Å². The fraction of sp³-hybridized carbons (Fsp3) is 0.562. The number of hydrogen-bond donors (Lipinski definition) is 2. The number of para-hydroxylation sites is 1. The lowest BCUT2D eigenvalue weighted by Crippen LogP contribution is -2.52. The van der Waals surface area contributed by atoms with Gasteiger partial charge in [0.25, 0.3) is 0 Å². The lowest BCUT2D eigenvalue weighted by Gasteiger charge is -2.37. The van der Waals surface area contributed by atoms with Crippen LogP contribution < -0.4 is 11.1 Å². The zero-order valence-corrected chi connectivity index (χ0v) is 12.8. The fourth-order valence-corrected chi connectivity index (χ4v) is 2.62. The number of hydrogen-bond acceptors (Lipinski definition) is 4. The van der Waals surface area contributed by atoms with E-state index in [0.29, 0.717) is 0 Å². The number of carbonyl (C=O) groups is 1. The van der Waals surface area contributed by atoms with Crippen molar-refractivity contribution in [3.8, 4) is 0 Å². The molecule has 1 fully saturated rings. The first-order valence-corrected chi connectivity index (χ1v) is 7.73. The Morgan fingerprint density at radius 2 is 1.90 bits per heavy atom. The van der Waals surface area contributed by atoms with Crippen LogP contribution in [0, 0.1) is 0 Å². The number of anilines is 1. The Kier molecular flexibility index (Phi) is 6.17. The van der Waals surface area contributed by atoms with Gasteiger partial charge in [-0.25, -0.2) is 0 Å². The van der Waals surface area contributed by atoms with E-state index in [-0.39, 0.29) is 11.9 Å². The van der Waals surface area contributed by atoms with Gasteiger partial charge in [0.05, 0.1) is 6.04 Å². The predicted molar refractivity (Wildman–Crippen MR) is 86.2 cm³/mol. The Morgan fingerprint density at radius 1 is 1.24 bits per heavy atom. The average Bonchev–Trinajstić information content (AvgIpc) is 2.53. The van der Waals surface area contributed by atoms with Gasteiger partial charge in [0, 0.05) is 31.9 Å². The van der Waals surface area contributed by atoms with Crippen molar-refractivity contribution >= 4 is 11.6 Å². The first kappa shape index (κ1) is 15.9. The summed E-state index contributed by atoms with van der Waals surface area (Å²) in [6.07, 6.45) is 1.05. The van der Waals surface area contributed by atoms with Crippen molar-refractivity contribution < 1.29 is 4.79 Å². The molecule has 21 heavy (non-hydrogen) atoms. The van der Waals surface area contributed by atoms with Crippen LogP contribution in [0.15, 0.2) is 30.3 Å². The molecule has 0 spiro atoms. The van der Waals surface area contributed by atoms with Gasteiger partial charge in [-0.15, -0.1) is 0 Å². The van der Waals surface area contributed by atoms with Gasteiger partial charge >= 0.3 is 0 Å². The van der Waals surface area contributed by atoms with Gasteiger partial charge in [-0.05, 0) is 38.6 Å². The number of carbonyl (C=O) groups excluding carboxylic acids is 1. The normalized spacial score (nSPS) is 18.4. The molecule has 1 aliphatic heterocycles. The summed E-state index contributed by atoms with van der Waals surface area (Å²) in [6.45, 7) is 7.70. The van der Waals surface area contributed by atoms with Gasteiger partial charge in [-0.1, -0.05) is 18.2 Å². The second-order valence-corrected chi connectivity index (χ2v) is 5.55. The summed E-state index contributed by atoms with van der Waals surface area (Å²) < 4.78 is 0. The number of nitrogens with two attached hydrogens (primary N) is 1. The van der Waals surface area contributed by atoms with Crippen LogP contribution in [0.4, 0.5) is 5.69 Å². The highest BCUT2D eigenvalue weighted by atomic mass is 16.2. The number of nitrogens with one attached hydrogen (secondary N) is 1. The van der Waals surface area contributed by atoms with Crippen molar-refractivity contribution in [1.29, 1.82) is 0 Å². The van der Waals surface area contributed by atoms with Gasteiger partial charge in [-0.3, -0.25) is 9.69 Å². The van der Waals surface area contributed by atoms with Crippen LogP contribution in [-0.2, 0) is 4.79 Å². The van der Waals surface area contributed by atoms with Crippen molar-refractivity contribution in [3.63, 3.8) is 0 Å². The molecule has 1 amide bonds. The second-order valence-electron chi connectivity index (χ2n) is 5.55. The van der Waals surface area contributed by atoms with Crippen LogP contribution in [0.25, 0.3) is 0 Å². The first-order valence-electron chi connectivity index (χ1n) is 7.73. The van der Waals surface area contributed by atoms with Gasteiger partial charge in [0.2, 0.25) is 5.91 Å². The molecular formula is C16H26N4O. The zero-order chi connectivity index (χ0) is 15.1. The monoisotopic (exact) mass is 290 g/mol. The molecule has 3 N–H and O–H groups in total. The van der Waals surface area contributed by atoms with Crippen LogP contribution in [0.2, 0.25) is 0 Å². The molecule has 116 valence electrons. The Morgan fingerprint density at radius 3 is 2.52 bits per heavy atom. The highest BCUT2D eigenvalue weighted by Crippen LogP contribution is 2.10. The van der Waals surface area contributed by atoms with Crippen molar-refractivity contribution in [2.45, 2.75) is 19.4 Å². The number of benzene rings is 1. The zero-order valence-electron chi connectivity index (χ0n) is 12.8. The molecule has 0 aliphatic carbocycles. The molecule has 0 bridgehead atoms. The van der Waals surface area contributed by atoms with E-state index in [0.717, 1.165) is 51.4 Å². The Labute approximate surface area is 127 Å². The quantitative estimate of drug-likeness (QED) is 0.820. The highest BCUT2D eigenvalue weighted by Gasteiger charge is 2.25. The molecule has 1 aliphatic rings. The van der Waals surface area contributed by atoms with E-state index < -0.39 is 0 Å². The molecule has 5 nitrogen and oxygen atoms in total. The summed E-state index contributed by atoms with van der Waals surface area (Å²) in [5.41, 5.74) is 6.40. The summed E-state index contributed by atoms with van der Waals surface area (Å²) in [7, 11) is 0. The Balaban J connectivity index is 1.78. The SMILES string of the molecule is CC(C(=O)Nc1ccccc1)N1CCN(CCCN)CC1. The lowest BCUT2D eigenvalue weighted by molar-refractivity contribution is -0.121. The highest BCUT2D eigenvalue weighted by molar-refractivity contribution is 5.94. The van der Waals surface area contributed by atoms with Gasteiger partial charge in [0.1, 0.15) is 0 Å². The van der Waals surface area contributed by atoms with E-state index in [2.05, 4.69) is 15.1 Å². The van der Waals surface area contributed by atoms with Gasteiger partial charge in [-0.2, -0.15) is 0 Å². The van der Waals surface area contributed by atoms with Crippen LogP contribution in [-0.4, -0.2) is 61.0 Å². The topological polar surface area (TPSA) is 61.6 Å². The minimum atomic E-state index is -0.0955. The van der Waals surface area contributed by atoms with E-state index in [9.17, 15) is 4.79 Å². The Bertz CT molecular complexity index is 429. The predicted octanol–water partition coefficient (Wildman–Crippen LogP) is 0.980. The molecule has 5 heteroatoms. The third-order valence-corrected chi connectivity index (χ3v) is 4.05. The van der Waals surface area contributed by atoms with E-state index in [1.165, 1.54) is 0 Å². The molecule has 1 aromatic carbocycles. The smallest absolute Gasteiger partial charge is 0.241 e. The summed E-state index contributed by atoms with van der Waals surface area (Å²) in [5, 5.41) is 2.97. The minimum absolute atomic E-state index is 0.0663. The molecule has 1 heterocycles.